The highest BCUT2D eigenvalue weighted by Crippen LogP contribution is 2.42. The molecule has 3 aliphatic rings. The molecule has 5 nitrogen and oxygen atoms in total. The molecule has 2 heterocycles. The van der Waals surface area contributed by atoms with Gasteiger partial charge in [-0.25, -0.2) is 0 Å². The topological polar surface area (TPSA) is 52.7 Å². The summed E-state index contributed by atoms with van der Waals surface area (Å²) in [7, 11) is 0. The normalized spacial score (nSPS) is 23.8. The number of carbonyl (C=O) groups is 2. The van der Waals surface area contributed by atoms with E-state index in [0.717, 1.165) is 45.3 Å². The second-order valence-corrected chi connectivity index (χ2v) is 12.5. The van der Waals surface area contributed by atoms with Crippen molar-refractivity contribution in [2.45, 2.75) is 68.9 Å². The van der Waals surface area contributed by atoms with Crippen LogP contribution in [0.25, 0.3) is 0 Å². The SMILES string of the molecule is O=C(NC1CCN(Cc2ccccc2)CC1)C1CSC(C2CCCCC2)N1C(=O)c1ccc(Cl)cc1Cl. The number of carbonyl (C=O) groups excluding carboxylic acids is 2. The number of likely N-dealkylation sites (tertiary alicyclic amines) is 1. The first-order valence-electron chi connectivity index (χ1n) is 13.5. The molecule has 2 aromatic rings. The fourth-order valence-electron chi connectivity index (χ4n) is 5.95. The largest absolute Gasteiger partial charge is 0.351 e. The third-order valence-corrected chi connectivity index (χ3v) is 9.98. The van der Waals surface area contributed by atoms with Gasteiger partial charge in [0.05, 0.1) is 16.0 Å². The molecule has 2 aromatic carbocycles. The summed E-state index contributed by atoms with van der Waals surface area (Å²) in [5.41, 5.74) is 1.73. The van der Waals surface area contributed by atoms with Gasteiger partial charge in [0.25, 0.3) is 5.91 Å². The molecule has 0 spiro atoms. The average molecular weight is 561 g/mol. The van der Waals surface area contributed by atoms with Gasteiger partial charge in [0.1, 0.15) is 6.04 Å². The van der Waals surface area contributed by atoms with Gasteiger partial charge >= 0.3 is 0 Å². The Labute approximate surface area is 234 Å². The number of piperidine rings is 1. The van der Waals surface area contributed by atoms with Gasteiger partial charge in [0, 0.05) is 36.5 Å². The molecule has 2 unspecified atom stereocenters. The van der Waals surface area contributed by atoms with Crippen molar-refractivity contribution in [2.24, 2.45) is 5.92 Å². The number of rotatable bonds is 6. The highest BCUT2D eigenvalue weighted by Gasteiger charge is 2.45. The number of benzene rings is 2. The van der Waals surface area contributed by atoms with Crippen molar-refractivity contribution in [2.75, 3.05) is 18.8 Å². The molecular formula is C29H35Cl2N3O2S. The molecule has 2 saturated heterocycles. The molecule has 0 aromatic heterocycles. The van der Waals surface area contributed by atoms with Gasteiger partial charge in [0.15, 0.2) is 0 Å². The average Bonchev–Trinajstić information content (AvgIpc) is 3.36. The summed E-state index contributed by atoms with van der Waals surface area (Å²) in [5.74, 6) is 0.829. The van der Waals surface area contributed by atoms with E-state index in [-0.39, 0.29) is 23.2 Å². The predicted molar refractivity (Wildman–Crippen MR) is 152 cm³/mol. The molecule has 2 amide bonds. The Bertz CT molecular complexity index is 1090. The molecule has 5 rings (SSSR count). The maximum absolute atomic E-state index is 13.9. The van der Waals surface area contributed by atoms with Crippen molar-refractivity contribution in [3.63, 3.8) is 0 Å². The van der Waals surface area contributed by atoms with Gasteiger partial charge in [-0.3, -0.25) is 14.5 Å². The quantitative estimate of drug-likeness (QED) is 0.455. The van der Waals surface area contributed by atoms with Crippen LogP contribution in [0, 0.1) is 5.92 Å². The van der Waals surface area contributed by atoms with Gasteiger partial charge in [-0.2, -0.15) is 0 Å². The Balaban J connectivity index is 1.26. The Morgan fingerprint density at radius 2 is 1.68 bits per heavy atom. The van der Waals surface area contributed by atoms with Gasteiger partial charge < -0.3 is 10.2 Å². The second-order valence-electron chi connectivity index (χ2n) is 10.5. The van der Waals surface area contributed by atoms with Crippen molar-refractivity contribution >= 4 is 46.8 Å². The third kappa shape index (κ3) is 6.47. The highest BCUT2D eigenvalue weighted by atomic mass is 35.5. The standard InChI is InChI=1S/C29H35Cl2N3O2S/c30-22-11-12-24(25(31)17-22)28(36)34-26(19-37-29(34)21-9-5-2-6-10-21)27(35)32-23-13-15-33(16-14-23)18-20-7-3-1-4-8-20/h1,3-4,7-8,11-12,17,21,23,26,29H,2,5-6,9-10,13-16,18-19H2,(H,32,35). The first kappa shape index (κ1) is 26.9. The predicted octanol–water partition coefficient (Wildman–Crippen LogP) is 6.24. The van der Waals surface area contributed by atoms with E-state index in [2.05, 4.69) is 34.5 Å². The molecule has 1 aliphatic carbocycles. The van der Waals surface area contributed by atoms with Crippen LogP contribution in [0.5, 0.6) is 0 Å². The van der Waals surface area contributed by atoms with E-state index in [1.165, 1.54) is 24.8 Å². The zero-order valence-corrected chi connectivity index (χ0v) is 23.4. The molecular weight excluding hydrogens is 525 g/mol. The molecule has 37 heavy (non-hydrogen) atoms. The summed E-state index contributed by atoms with van der Waals surface area (Å²) in [6, 6.07) is 15.1. The summed E-state index contributed by atoms with van der Waals surface area (Å²) in [5, 5.41) is 4.13. The molecule has 198 valence electrons. The van der Waals surface area contributed by atoms with E-state index in [1.807, 2.05) is 11.0 Å². The van der Waals surface area contributed by atoms with Crippen molar-refractivity contribution in [3.05, 3.63) is 69.7 Å². The molecule has 8 heteroatoms. The molecule has 1 saturated carbocycles. The minimum atomic E-state index is -0.487. The Kier molecular flexibility index (Phi) is 9.01. The minimum absolute atomic E-state index is 0.00279. The molecule has 1 N–H and O–H groups in total. The van der Waals surface area contributed by atoms with E-state index in [4.69, 9.17) is 23.2 Å². The number of nitrogens with one attached hydrogen (secondary N) is 1. The zero-order valence-electron chi connectivity index (χ0n) is 21.1. The lowest BCUT2D eigenvalue weighted by atomic mass is 9.88. The fourth-order valence-corrected chi connectivity index (χ4v) is 8.07. The van der Waals surface area contributed by atoms with Crippen LogP contribution in [0.4, 0.5) is 0 Å². The van der Waals surface area contributed by atoms with Crippen LogP contribution in [0.3, 0.4) is 0 Å². The lowest BCUT2D eigenvalue weighted by molar-refractivity contribution is -0.126. The lowest BCUT2D eigenvalue weighted by Crippen LogP contribution is -2.54. The highest BCUT2D eigenvalue weighted by molar-refractivity contribution is 8.00. The molecule has 0 radical (unpaired) electrons. The van der Waals surface area contributed by atoms with Gasteiger partial charge in [-0.15, -0.1) is 11.8 Å². The first-order chi connectivity index (χ1) is 18.0. The molecule has 2 atom stereocenters. The maximum Gasteiger partial charge on any atom is 0.256 e. The van der Waals surface area contributed by atoms with Crippen LogP contribution in [-0.4, -0.2) is 57.9 Å². The second kappa shape index (κ2) is 12.4. The number of hydrogen-bond donors (Lipinski definition) is 1. The monoisotopic (exact) mass is 559 g/mol. The van der Waals surface area contributed by atoms with E-state index in [9.17, 15) is 9.59 Å². The zero-order chi connectivity index (χ0) is 25.8. The van der Waals surface area contributed by atoms with Crippen LogP contribution < -0.4 is 5.32 Å². The van der Waals surface area contributed by atoms with Crippen LogP contribution in [0.2, 0.25) is 10.0 Å². The number of nitrogens with zero attached hydrogens (tertiary/aromatic N) is 2. The Morgan fingerprint density at radius 3 is 2.38 bits per heavy atom. The number of halogens is 2. The lowest BCUT2D eigenvalue weighted by Gasteiger charge is -2.37. The van der Waals surface area contributed by atoms with E-state index in [1.54, 1.807) is 30.0 Å². The van der Waals surface area contributed by atoms with Crippen molar-refractivity contribution in [1.29, 1.82) is 0 Å². The Hall–Kier alpha value is -1.73. The van der Waals surface area contributed by atoms with Crippen LogP contribution in [-0.2, 0) is 11.3 Å². The minimum Gasteiger partial charge on any atom is -0.351 e. The smallest absolute Gasteiger partial charge is 0.256 e. The van der Waals surface area contributed by atoms with Crippen LogP contribution in [0.1, 0.15) is 60.9 Å². The van der Waals surface area contributed by atoms with Gasteiger partial charge in [0.2, 0.25) is 5.91 Å². The van der Waals surface area contributed by atoms with E-state index in [0.29, 0.717) is 27.3 Å². The van der Waals surface area contributed by atoms with E-state index < -0.39 is 6.04 Å². The summed E-state index contributed by atoms with van der Waals surface area (Å²) < 4.78 is 0. The fraction of sp³-hybridized carbons (Fsp3) is 0.517. The summed E-state index contributed by atoms with van der Waals surface area (Å²) in [4.78, 5) is 31.8. The summed E-state index contributed by atoms with van der Waals surface area (Å²) in [6.07, 6.45) is 7.66. The third-order valence-electron chi connectivity index (χ3n) is 7.97. The number of hydrogen-bond acceptors (Lipinski definition) is 4. The Morgan fingerprint density at radius 1 is 0.946 bits per heavy atom. The molecule has 2 aliphatic heterocycles. The maximum atomic E-state index is 13.9. The van der Waals surface area contributed by atoms with Gasteiger partial charge in [-0.1, -0.05) is 72.8 Å². The van der Waals surface area contributed by atoms with Crippen LogP contribution >= 0.6 is 35.0 Å². The van der Waals surface area contributed by atoms with Crippen molar-refractivity contribution in [3.8, 4) is 0 Å². The van der Waals surface area contributed by atoms with E-state index >= 15 is 0 Å². The van der Waals surface area contributed by atoms with Crippen LogP contribution in [0.15, 0.2) is 48.5 Å². The number of amides is 2. The number of thioether (sulfide) groups is 1. The first-order valence-corrected chi connectivity index (χ1v) is 15.3. The van der Waals surface area contributed by atoms with Crippen molar-refractivity contribution < 1.29 is 9.59 Å². The van der Waals surface area contributed by atoms with Gasteiger partial charge in [-0.05, 0) is 55.4 Å². The molecule has 3 fully saturated rings. The summed E-state index contributed by atoms with van der Waals surface area (Å²) in [6.45, 7) is 2.84. The molecule has 0 bridgehead atoms. The summed E-state index contributed by atoms with van der Waals surface area (Å²) >= 11 is 14.3. The van der Waals surface area contributed by atoms with Crippen molar-refractivity contribution in [1.82, 2.24) is 15.1 Å².